The monoisotopic (exact) mass is 423 g/mol. The Bertz CT molecular complexity index is 1040. The molecule has 0 bridgehead atoms. The third-order valence-electron chi connectivity index (χ3n) is 4.57. The smallest absolute Gasteiger partial charge is 0.265 e. The van der Waals surface area contributed by atoms with E-state index in [1.54, 1.807) is 18.3 Å². The van der Waals surface area contributed by atoms with Crippen molar-refractivity contribution in [1.82, 2.24) is 10.3 Å². The third kappa shape index (κ3) is 4.77. The molecule has 4 rings (SSSR count). The molecule has 1 aliphatic rings. The quantitative estimate of drug-likeness (QED) is 0.636. The van der Waals surface area contributed by atoms with Crippen LogP contribution in [-0.2, 0) is 16.0 Å². The fraction of sp³-hybridized carbons (Fsp3) is 0.227. The van der Waals surface area contributed by atoms with Crippen LogP contribution in [-0.4, -0.2) is 35.6 Å². The van der Waals surface area contributed by atoms with Crippen molar-refractivity contribution in [3.05, 3.63) is 71.2 Å². The van der Waals surface area contributed by atoms with Crippen molar-refractivity contribution in [2.75, 3.05) is 11.9 Å². The first kappa shape index (κ1) is 19.9. The van der Waals surface area contributed by atoms with Gasteiger partial charge in [0.2, 0.25) is 12.0 Å². The van der Waals surface area contributed by atoms with Gasteiger partial charge in [-0.05, 0) is 24.6 Å². The molecule has 0 saturated heterocycles. The summed E-state index contributed by atoms with van der Waals surface area (Å²) in [6, 6.07) is 15.9. The molecular weight excluding hydrogens is 402 g/mol. The summed E-state index contributed by atoms with van der Waals surface area (Å²) < 4.78 is 11.4. The van der Waals surface area contributed by atoms with Crippen molar-refractivity contribution in [3.8, 4) is 11.5 Å². The van der Waals surface area contributed by atoms with Gasteiger partial charge in [-0.2, -0.15) is 0 Å². The van der Waals surface area contributed by atoms with Gasteiger partial charge in [-0.1, -0.05) is 42.5 Å². The van der Waals surface area contributed by atoms with E-state index in [2.05, 4.69) is 15.6 Å². The number of aromatic nitrogens is 1. The SMILES string of the molecule is Cc1cnc(NC(=O)[C@H](Cc2ccccc2)NC(=O)[C@@H]2COc3ccccc3O2)s1. The van der Waals surface area contributed by atoms with Crippen molar-refractivity contribution in [2.45, 2.75) is 25.5 Å². The lowest BCUT2D eigenvalue weighted by Gasteiger charge is -2.27. The first-order chi connectivity index (χ1) is 14.6. The molecule has 0 saturated carbocycles. The highest BCUT2D eigenvalue weighted by atomic mass is 32.1. The molecule has 0 radical (unpaired) electrons. The number of rotatable bonds is 6. The number of hydrogen-bond acceptors (Lipinski definition) is 6. The number of nitrogens with one attached hydrogen (secondary N) is 2. The van der Waals surface area contributed by atoms with Crippen molar-refractivity contribution in [3.63, 3.8) is 0 Å². The van der Waals surface area contributed by atoms with Gasteiger partial charge in [0, 0.05) is 17.5 Å². The van der Waals surface area contributed by atoms with Crippen molar-refractivity contribution in [1.29, 1.82) is 0 Å². The normalized spacial score (nSPS) is 15.8. The van der Waals surface area contributed by atoms with Gasteiger partial charge in [0.15, 0.2) is 16.6 Å². The lowest BCUT2D eigenvalue weighted by molar-refractivity contribution is -0.133. The average Bonchev–Trinajstić information content (AvgIpc) is 3.18. The van der Waals surface area contributed by atoms with E-state index in [1.807, 2.05) is 49.4 Å². The van der Waals surface area contributed by atoms with Gasteiger partial charge < -0.3 is 20.1 Å². The molecule has 0 fully saturated rings. The number of nitrogens with zero attached hydrogens (tertiary/aromatic N) is 1. The molecule has 2 aromatic carbocycles. The molecule has 0 spiro atoms. The largest absolute Gasteiger partial charge is 0.485 e. The first-order valence-corrected chi connectivity index (χ1v) is 10.4. The summed E-state index contributed by atoms with van der Waals surface area (Å²) >= 11 is 1.38. The highest BCUT2D eigenvalue weighted by Gasteiger charge is 2.31. The fourth-order valence-electron chi connectivity index (χ4n) is 3.08. The molecule has 0 aliphatic carbocycles. The van der Waals surface area contributed by atoms with E-state index < -0.39 is 18.1 Å². The number of carbonyl (C=O) groups is 2. The van der Waals surface area contributed by atoms with E-state index in [1.165, 1.54) is 11.3 Å². The van der Waals surface area contributed by atoms with Gasteiger partial charge in [0.05, 0.1) is 0 Å². The van der Waals surface area contributed by atoms with Crippen LogP contribution in [0.1, 0.15) is 10.4 Å². The third-order valence-corrected chi connectivity index (χ3v) is 5.40. The lowest BCUT2D eigenvalue weighted by Crippen LogP contribution is -2.52. The molecule has 1 aliphatic heterocycles. The molecule has 2 N–H and O–H groups in total. The number of hydrogen-bond donors (Lipinski definition) is 2. The molecule has 30 heavy (non-hydrogen) atoms. The second-order valence-corrected chi connectivity index (χ2v) is 8.12. The Labute approximate surface area is 178 Å². The number of aryl methyl sites for hydroxylation is 1. The Morgan fingerprint density at radius 2 is 1.87 bits per heavy atom. The standard InChI is InChI=1S/C22H21N3O4S/c1-14-12-23-22(30-14)25-20(26)16(11-15-7-3-2-4-8-15)24-21(27)19-13-28-17-9-5-6-10-18(17)29-19/h2-10,12,16,19H,11,13H2,1H3,(H,24,27)(H,23,25,26)/t16-,19-/m0/s1. The maximum absolute atomic E-state index is 12.9. The van der Waals surface area contributed by atoms with Gasteiger partial charge in [-0.3, -0.25) is 9.59 Å². The molecule has 8 heteroatoms. The van der Waals surface area contributed by atoms with E-state index in [0.29, 0.717) is 23.1 Å². The van der Waals surface area contributed by atoms with Gasteiger partial charge >= 0.3 is 0 Å². The summed E-state index contributed by atoms with van der Waals surface area (Å²) in [5.41, 5.74) is 0.930. The van der Waals surface area contributed by atoms with E-state index in [9.17, 15) is 9.59 Å². The van der Waals surface area contributed by atoms with Crippen LogP contribution in [0.5, 0.6) is 11.5 Å². The second-order valence-electron chi connectivity index (χ2n) is 6.88. The number of thiazole rings is 1. The summed E-state index contributed by atoms with van der Waals surface area (Å²) in [6.45, 7) is 1.99. The Hall–Kier alpha value is -3.39. The molecule has 2 amide bonds. The Morgan fingerprint density at radius 3 is 2.60 bits per heavy atom. The number of para-hydroxylation sites is 2. The molecule has 7 nitrogen and oxygen atoms in total. The van der Waals surface area contributed by atoms with E-state index in [4.69, 9.17) is 9.47 Å². The van der Waals surface area contributed by atoms with Gasteiger partial charge in [0.1, 0.15) is 12.6 Å². The number of fused-ring (bicyclic) bond motifs is 1. The predicted molar refractivity (Wildman–Crippen MR) is 114 cm³/mol. The minimum Gasteiger partial charge on any atom is -0.485 e. The summed E-state index contributed by atoms with van der Waals surface area (Å²) in [6.07, 6.45) is 1.19. The summed E-state index contributed by atoms with van der Waals surface area (Å²) in [5, 5.41) is 6.10. The van der Waals surface area contributed by atoms with E-state index in [0.717, 1.165) is 10.4 Å². The number of carbonyl (C=O) groups excluding carboxylic acids is 2. The van der Waals surface area contributed by atoms with Crippen LogP contribution >= 0.6 is 11.3 Å². The van der Waals surface area contributed by atoms with Crippen LogP contribution in [0, 0.1) is 6.92 Å². The number of ether oxygens (including phenoxy) is 2. The van der Waals surface area contributed by atoms with E-state index in [-0.39, 0.29) is 12.5 Å². The van der Waals surface area contributed by atoms with Crippen molar-refractivity contribution in [2.24, 2.45) is 0 Å². The average molecular weight is 423 g/mol. The van der Waals surface area contributed by atoms with E-state index >= 15 is 0 Å². The Balaban J connectivity index is 1.47. The Kier molecular flexibility index (Phi) is 5.94. The zero-order valence-corrected chi connectivity index (χ0v) is 17.1. The van der Waals surface area contributed by atoms with Crippen LogP contribution in [0.15, 0.2) is 60.8 Å². The second kappa shape index (κ2) is 8.96. The summed E-state index contributed by atoms with van der Waals surface area (Å²) in [7, 11) is 0. The highest BCUT2D eigenvalue weighted by Crippen LogP contribution is 2.30. The maximum Gasteiger partial charge on any atom is 0.265 e. The van der Waals surface area contributed by atoms with Crippen LogP contribution in [0.3, 0.4) is 0 Å². The highest BCUT2D eigenvalue weighted by molar-refractivity contribution is 7.15. The summed E-state index contributed by atoms with van der Waals surface area (Å²) in [4.78, 5) is 30.9. The van der Waals surface area contributed by atoms with Gasteiger partial charge in [-0.15, -0.1) is 11.3 Å². The van der Waals surface area contributed by atoms with Crippen molar-refractivity contribution >= 4 is 28.3 Å². The minimum atomic E-state index is -0.840. The number of amides is 2. The lowest BCUT2D eigenvalue weighted by atomic mass is 10.0. The topological polar surface area (TPSA) is 89.6 Å². The molecule has 154 valence electrons. The minimum absolute atomic E-state index is 0.0776. The maximum atomic E-state index is 12.9. The Morgan fingerprint density at radius 1 is 1.13 bits per heavy atom. The van der Waals surface area contributed by atoms with Gasteiger partial charge in [0.25, 0.3) is 5.91 Å². The molecule has 3 aromatic rings. The molecule has 0 unspecified atom stereocenters. The summed E-state index contributed by atoms with van der Waals surface area (Å²) in [5.74, 6) is 0.361. The fourth-order valence-corrected chi connectivity index (χ4v) is 3.74. The van der Waals surface area contributed by atoms with Gasteiger partial charge in [-0.25, -0.2) is 4.98 Å². The van der Waals surface area contributed by atoms with Crippen LogP contribution < -0.4 is 20.1 Å². The molecule has 2 atom stereocenters. The zero-order chi connectivity index (χ0) is 20.9. The van der Waals surface area contributed by atoms with Crippen LogP contribution in [0.2, 0.25) is 0 Å². The molecule has 2 heterocycles. The number of anilines is 1. The van der Waals surface area contributed by atoms with Crippen LogP contribution in [0.4, 0.5) is 5.13 Å². The van der Waals surface area contributed by atoms with Crippen molar-refractivity contribution < 1.29 is 19.1 Å². The molecule has 1 aromatic heterocycles. The first-order valence-electron chi connectivity index (χ1n) is 9.54. The molecular formula is C22H21N3O4S. The predicted octanol–water partition coefficient (Wildman–Crippen LogP) is 2.96. The number of benzene rings is 2. The zero-order valence-electron chi connectivity index (χ0n) is 16.3. The van der Waals surface area contributed by atoms with Crippen LogP contribution in [0.25, 0.3) is 0 Å².